The maximum Gasteiger partial charge on any atom is 0.244 e. The number of para-hydroxylation sites is 1. The number of morpholine rings is 1. The van der Waals surface area contributed by atoms with Crippen molar-refractivity contribution in [3.63, 3.8) is 0 Å². The molecule has 3 rings (SSSR count). The van der Waals surface area contributed by atoms with Crippen molar-refractivity contribution in [3.8, 4) is 0 Å². The molecule has 25 heavy (non-hydrogen) atoms. The van der Waals surface area contributed by atoms with Crippen molar-refractivity contribution >= 4 is 47.9 Å². The molecule has 1 fully saturated rings. The molecular weight excluding hydrogens is 363 g/mol. The maximum atomic E-state index is 12.3. The van der Waals surface area contributed by atoms with Crippen LogP contribution in [-0.4, -0.2) is 36.2 Å². The number of carbonyl (C=O) groups excluding carboxylic acids is 1. The molecule has 136 valence electrons. The fourth-order valence-corrected chi connectivity index (χ4v) is 2.46. The standard InChI is InChI=1S/C17H20N4O2.2ClH/c1-12-16(18-9-10-23-12)17(22)21-14-7-8-15(19-11-14)20-13-5-3-2-4-6-13;;/h2-8,11-12,16,18H,9-10H2,1H3,(H,19,20)(H,21,22);2*1H/t12-,16+;;/m1../s1. The van der Waals surface area contributed by atoms with Crippen LogP contribution in [0.2, 0.25) is 0 Å². The lowest BCUT2D eigenvalue weighted by Crippen LogP contribution is -2.53. The first-order valence-corrected chi connectivity index (χ1v) is 7.66. The number of amides is 1. The molecule has 0 unspecified atom stereocenters. The van der Waals surface area contributed by atoms with Gasteiger partial charge >= 0.3 is 0 Å². The zero-order valence-corrected chi connectivity index (χ0v) is 15.4. The minimum Gasteiger partial charge on any atom is -0.375 e. The Morgan fingerprint density at radius 2 is 1.92 bits per heavy atom. The van der Waals surface area contributed by atoms with E-state index >= 15 is 0 Å². The first-order chi connectivity index (χ1) is 11.2. The summed E-state index contributed by atoms with van der Waals surface area (Å²) in [5, 5.41) is 9.22. The third-order valence-corrected chi connectivity index (χ3v) is 3.68. The van der Waals surface area contributed by atoms with Crippen LogP contribution in [0.1, 0.15) is 6.92 Å². The van der Waals surface area contributed by atoms with Crippen LogP contribution in [0.4, 0.5) is 17.2 Å². The lowest BCUT2D eigenvalue weighted by molar-refractivity contribution is -0.123. The van der Waals surface area contributed by atoms with Crippen LogP contribution in [0.15, 0.2) is 48.7 Å². The Bertz CT molecular complexity index is 655. The predicted octanol–water partition coefficient (Wildman–Crippen LogP) is 2.98. The van der Waals surface area contributed by atoms with Crippen LogP contribution < -0.4 is 16.0 Å². The summed E-state index contributed by atoms with van der Waals surface area (Å²) in [5.74, 6) is 0.615. The SMILES string of the molecule is C[C@H]1OCCN[C@@H]1C(=O)Nc1ccc(Nc2ccccc2)nc1.Cl.Cl. The number of aromatic nitrogens is 1. The Morgan fingerprint density at radius 3 is 2.56 bits per heavy atom. The average molecular weight is 385 g/mol. The monoisotopic (exact) mass is 384 g/mol. The molecule has 0 radical (unpaired) electrons. The van der Waals surface area contributed by atoms with Gasteiger partial charge in [-0.05, 0) is 31.2 Å². The molecule has 2 heterocycles. The van der Waals surface area contributed by atoms with Gasteiger partial charge in [-0.15, -0.1) is 24.8 Å². The first-order valence-electron chi connectivity index (χ1n) is 7.66. The number of anilines is 3. The van der Waals surface area contributed by atoms with E-state index in [1.165, 1.54) is 0 Å². The summed E-state index contributed by atoms with van der Waals surface area (Å²) in [6.45, 7) is 3.20. The number of hydrogen-bond donors (Lipinski definition) is 3. The number of halogens is 2. The largest absolute Gasteiger partial charge is 0.375 e. The molecule has 0 spiro atoms. The minimum atomic E-state index is -0.342. The number of benzene rings is 1. The van der Waals surface area contributed by atoms with Crippen molar-refractivity contribution in [1.82, 2.24) is 10.3 Å². The second-order valence-electron chi connectivity index (χ2n) is 5.42. The molecule has 1 saturated heterocycles. The van der Waals surface area contributed by atoms with E-state index in [1.807, 2.05) is 49.4 Å². The van der Waals surface area contributed by atoms with Gasteiger partial charge in [0.1, 0.15) is 11.9 Å². The van der Waals surface area contributed by atoms with Crippen LogP contribution in [-0.2, 0) is 9.53 Å². The third kappa shape index (κ3) is 5.86. The molecule has 2 atom stereocenters. The van der Waals surface area contributed by atoms with Gasteiger partial charge in [0.2, 0.25) is 5.91 Å². The van der Waals surface area contributed by atoms with Crippen molar-refractivity contribution in [2.45, 2.75) is 19.1 Å². The van der Waals surface area contributed by atoms with Gasteiger partial charge in [0.05, 0.1) is 24.6 Å². The van der Waals surface area contributed by atoms with Gasteiger partial charge < -0.3 is 20.7 Å². The fraction of sp³-hybridized carbons (Fsp3) is 0.294. The highest BCUT2D eigenvalue weighted by Gasteiger charge is 2.28. The van der Waals surface area contributed by atoms with Gasteiger partial charge in [0.25, 0.3) is 0 Å². The van der Waals surface area contributed by atoms with Crippen molar-refractivity contribution in [3.05, 3.63) is 48.7 Å². The van der Waals surface area contributed by atoms with E-state index in [9.17, 15) is 4.79 Å². The molecule has 6 nitrogen and oxygen atoms in total. The lowest BCUT2D eigenvalue weighted by atomic mass is 10.1. The average Bonchev–Trinajstić information content (AvgIpc) is 2.58. The molecule has 1 amide bonds. The summed E-state index contributed by atoms with van der Waals surface area (Å²) in [6.07, 6.45) is 1.49. The molecule has 1 aromatic heterocycles. The van der Waals surface area contributed by atoms with Crippen LogP contribution in [0.3, 0.4) is 0 Å². The van der Waals surface area contributed by atoms with Gasteiger partial charge in [-0.25, -0.2) is 4.98 Å². The van der Waals surface area contributed by atoms with Gasteiger partial charge in [-0.3, -0.25) is 4.79 Å². The molecule has 1 aromatic carbocycles. The molecule has 0 saturated carbocycles. The normalized spacial score (nSPS) is 19.1. The number of hydrogen-bond acceptors (Lipinski definition) is 5. The highest BCUT2D eigenvalue weighted by Crippen LogP contribution is 2.16. The summed E-state index contributed by atoms with van der Waals surface area (Å²) >= 11 is 0. The van der Waals surface area contributed by atoms with Gasteiger partial charge in [0, 0.05) is 12.2 Å². The van der Waals surface area contributed by atoms with E-state index in [2.05, 4.69) is 20.9 Å². The molecule has 2 aromatic rings. The van der Waals surface area contributed by atoms with E-state index in [0.717, 1.165) is 11.5 Å². The van der Waals surface area contributed by atoms with Crippen LogP contribution in [0, 0.1) is 0 Å². The number of rotatable bonds is 4. The molecule has 1 aliphatic heterocycles. The van der Waals surface area contributed by atoms with Gasteiger partial charge in [0.15, 0.2) is 0 Å². The molecule has 0 bridgehead atoms. The molecule has 0 aliphatic carbocycles. The molecule has 3 N–H and O–H groups in total. The highest BCUT2D eigenvalue weighted by atomic mass is 35.5. The van der Waals surface area contributed by atoms with Crippen LogP contribution in [0.5, 0.6) is 0 Å². The fourth-order valence-electron chi connectivity index (χ4n) is 2.46. The maximum absolute atomic E-state index is 12.3. The number of carbonyl (C=O) groups is 1. The second kappa shape index (κ2) is 10.2. The van der Waals surface area contributed by atoms with Gasteiger partial charge in [-0.1, -0.05) is 18.2 Å². The Balaban J connectivity index is 0.00000156. The summed E-state index contributed by atoms with van der Waals surface area (Å²) in [7, 11) is 0. The quantitative estimate of drug-likeness (QED) is 0.755. The number of nitrogens with one attached hydrogen (secondary N) is 3. The van der Waals surface area contributed by atoms with Crippen molar-refractivity contribution in [2.24, 2.45) is 0 Å². The molecule has 1 aliphatic rings. The van der Waals surface area contributed by atoms with Crippen LogP contribution in [0.25, 0.3) is 0 Å². The van der Waals surface area contributed by atoms with Gasteiger partial charge in [-0.2, -0.15) is 0 Å². The number of ether oxygens (including phenoxy) is 1. The Morgan fingerprint density at radius 1 is 1.16 bits per heavy atom. The number of pyridine rings is 1. The highest BCUT2D eigenvalue weighted by molar-refractivity contribution is 5.95. The lowest BCUT2D eigenvalue weighted by Gasteiger charge is -2.29. The second-order valence-corrected chi connectivity index (χ2v) is 5.42. The smallest absolute Gasteiger partial charge is 0.244 e. The molecular formula is C17H22Cl2N4O2. The van der Waals surface area contributed by atoms with E-state index < -0.39 is 0 Å². The van der Waals surface area contributed by atoms with E-state index in [4.69, 9.17) is 4.74 Å². The summed E-state index contributed by atoms with van der Waals surface area (Å²) in [5.41, 5.74) is 1.63. The van der Waals surface area contributed by atoms with E-state index in [-0.39, 0.29) is 42.9 Å². The summed E-state index contributed by atoms with van der Waals surface area (Å²) in [4.78, 5) is 16.6. The van der Waals surface area contributed by atoms with Crippen molar-refractivity contribution in [2.75, 3.05) is 23.8 Å². The minimum absolute atomic E-state index is 0. The Labute approximate surface area is 159 Å². The van der Waals surface area contributed by atoms with E-state index in [1.54, 1.807) is 6.20 Å². The molecule has 8 heteroatoms. The van der Waals surface area contributed by atoms with Crippen molar-refractivity contribution < 1.29 is 9.53 Å². The summed E-state index contributed by atoms with van der Waals surface area (Å²) < 4.78 is 5.49. The first kappa shape index (κ1) is 21.2. The van der Waals surface area contributed by atoms with Crippen molar-refractivity contribution in [1.29, 1.82) is 0 Å². The van der Waals surface area contributed by atoms with Crippen LogP contribution >= 0.6 is 24.8 Å². The predicted molar refractivity (Wildman–Crippen MR) is 104 cm³/mol. The third-order valence-electron chi connectivity index (χ3n) is 3.68. The van der Waals surface area contributed by atoms with E-state index in [0.29, 0.717) is 18.8 Å². The Hall–Kier alpha value is -1.86. The Kier molecular flexibility index (Phi) is 8.65. The zero-order valence-electron chi connectivity index (χ0n) is 13.8. The number of nitrogens with zero attached hydrogens (tertiary/aromatic N) is 1. The topological polar surface area (TPSA) is 75.3 Å². The zero-order chi connectivity index (χ0) is 16.1. The summed E-state index contributed by atoms with van der Waals surface area (Å²) in [6, 6.07) is 13.1.